The number of carbonyl (C=O) groups excluding carboxylic acids is 1. The summed E-state index contributed by atoms with van der Waals surface area (Å²) in [7, 11) is 1.82. The highest BCUT2D eigenvalue weighted by Crippen LogP contribution is 2.21. The molecule has 0 spiro atoms. The van der Waals surface area contributed by atoms with Gasteiger partial charge in [-0.05, 0) is 43.6 Å². The second-order valence-electron chi connectivity index (χ2n) is 4.72. The maximum absolute atomic E-state index is 12.2. The number of halogens is 1. The van der Waals surface area contributed by atoms with E-state index in [-0.39, 0.29) is 11.1 Å². The molecule has 0 aliphatic carbocycles. The molecule has 0 saturated carbocycles. The highest BCUT2D eigenvalue weighted by molar-refractivity contribution is 6.32. The third kappa shape index (κ3) is 2.70. The van der Waals surface area contributed by atoms with Gasteiger partial charge in [0.25, 0.3) is 5.91 Å². The van der Waals surface area contributed by atoms with Crippen LogP contribution in [-0.4, -0.2) is 48.4 Å². The zero-order valence-electron chi connectivity index (χ0n) is 10.9. The SMILES string of the molecule is CCN1CCCC1CN(C)C(=O)c1ccoc1Cl. The predicted octanol–water partition coefficient (Wildman–Crippen LogP) is 2.49. The zero-order chi connectivity index (χ0) is 13.1. The third-order valence-electron chi connectivity index (χ3n) is 3.58. The van der Waals surface area contributed by atoms with Crippen LogP contribution < -0.4 is 0 Å². The van der Waals surface area contributed by atoms with Crippen molar-refractivity contribution in [2.45, 2.75) is 25.8 Å². The summed E-state index contributed by atoms with van der Waals surface area (Å²) < 4.78 is 4.96. The molecule has 0 bridgehead atoms. The molecule has 1 fully saturated rings. The first-order valence-electron chi connectivity index (χ1n) is 6.36. The van der Waals surface area contributed by atoms with Gasteiger partial charge in [-0.1, -0.05) is 6.92 Å². The molecule has 5 heteroatoms. The van der Waals surface area contributed by atoms with Gasteiger partial charge >= 0.3 is 0 Å². The largest absolute Gasteiger partial charge is 0.452 e. The fourth-order valence-electron chi connectivity index (χ4n) is 2.57. The fourth-order valence-corrected chi connectivity index (χ4v) is 2.76. The lowest BCUT2D eigenvalue weighted by molar-refractivity contribution is 0.0754. The molecule has 0 N–H and O–H groups in total. The summed E-state index contributed by atoms with van der Waals surface area (Å²) in [6.07, 6.45) is 3.81. The molecule has 1 unspecified atom stereocenters. The standard InChI is InChI=1S/C13H19ClN2O2/c1-3-16-7-4-5-10(16)9-15(2)13(17)11-6-8-18-12(11)14/h6,8,10H,3-5,7,9H2,1-2H3. The van der Waals surface area contributed by atoms with Crippen molar-refractivity contribution in [2.75, 3.05) is 26.7 Å². The molecule has 0 aromatic carbocycles. The number of amides is 1. The van der Waals surface area contributed by atoms with E-state index in [1.54, 1.807) is 11.0 Å². The van der Waals surface area contributed by atoms with E-state index in [1.807, 2.05) is 7.05 Å². The number of likely N-dealkylation sites (N-methyl/N-ethyl adjacent to an activating group) is 2. The molecule has 1 aliphatic rings. The van der Waals surface area contributed by atoms with Crippen LogP contribution in [0, 0.1) is 0 Å². The van der Waals surface area contributed by atoms with Gasteiger partial charge in [-0.3, -0.25) is 9.69 Å². The van der Waals surface area contributed by atoms with Crippen LogP contribution in [0.3, 0.4) is 0 Å². The van der Waals surface area contributed by atoms with Gasteiger partial charge in [-0.25, -0.2) is 0 Å². The van der Waals surface area contributed by atoms with E-state index in [0.717, 1.165) is 26.1 Å². The van der Waals surface area contributed by atoms with E-state index < -0.39 is 0 Å². The van der Waals surface area contributed by atoms with Crippen molar-refractivity contribution in [3.63, 3.8) is 0 Å². The minimum atomic E-state index is -0.0725. The van der Waals surface area contributed by atoms with Crippen LogP contribution in [0.15, 0.2) is 16.7 Å². The van der Waals surface area contributed by atoms with Crippen molar-refractivity contribution < 1.29 is 9.21 Å². The Kier molecular flexibility index (Phi) is 4.30. The number of hydrogen-bond acceptors (Lipinski definition) is 3. The highest BCUT2D eigenvalue weighted by atomic mass is 35.5. The molecule has 4 nitrogen and oxygen atoms in total. The average Bonchev–Trinajstić information content (AvgIpc) is 2.96. The Balaban J connectivity index is 1.98. The summed E-state index contributed by atoms with van der Waals surface area (Å²) in [5, 5.41) is 0.172. The smallest absolute Gasteiger partial charge is 0.258 e. The number of rotatable bonds is 4. The van der Waals surface area contributed by atoms with Gasteiger partial charge in [-0.2, -0.15) is 0 Å². The Labute approximate surface area is 112 Å². The lowest BCUT2D eigenvalue weighted by Gasteiger charge is -2.27. The quantitative estimate of drug-likeness (QED) is 0.843. The average molecular weight is 271 g/mol. The van der Waals surface area contributed by atoms with E-state index >= 15 is 0 Å². The maximum Gasteiger partial charge on any atom is 0.258 e. The van der Waals surface area contributed by atoms with Crippen molar-refractivity contribution in [2.24, 2.45) is 0 Å². The Morgan fingerprint density at radius 3 is 3.06 bits per heavy atom. The normalized spacial score (nSPS) is 20.3. The summed E-state index contributed by atoms with van der Waals surface area (Å²) in [6.45, 7) is 5.08. The first-order valence-corrected chi connectivity index (χ1v) is 6.73. The summed E-state index contributed by atoms with van der Waals surface area (Å²) in [5.74, 6) is -0.0725. The first-order chi connectivity index (χ1) is 8.63. The Morgan fingerprint density at radius 1 is 1.67 bits per heavy atom. The maximum atomic E-state index is 12.2. The second-order valence-corrected chi connectivity index (χ2v) is 5.06. The van der Waals surface area contributed by atoms with E-state index in [4.69, 9.17) is 16.0 Å². The molecule has 2 heterocycles. The van der Waals surface area contributed by atoms with Crippen molar-refractivity contribution in [3.05, 3.63) is 23.1 Å². The number of hydrogen-bond donors (Lipinski definition) is 0. The van der Waals surface area contributed by atoms with Crippen molar-refractivity contribution in [1.29, 1.82) is 0 Å². The van der Waals surface area contributed by atoms with Gasteiger partial charge in [0.05, 0.1) is 11.8 Å². The molecule has 1 aromatic rings. The van der Waals surface area contributed by atoms with Gasteiger partial charge < -0.3 is 9.32 Å². The lowest BCUT2D eigenvalue weighted by Crippen LogP contribution is -2.41. The molecule has 18 heavy (non-hydrogen) atoms. The first kappa shape index (κ1) is 13.4. The number of furan rings is 1. The summed E-state index contributed by atoms with van der Waals surface area (Å²) >= 11 is 5.83. The second kappa shape index (κ2) is 5.76. The van der Waals surface area contributed by atoms with Crippen LogP contribution in [0.5, 0.6) is 0 Å². The van der Waals surface area contributed by atoms with Gasteiger partial charge in [-0.15, -0.1) is 0 Å². The van der Waals surface area contributed by atoms with Crippen LogP contribution in [0.1, 0.15) is 30.1 Å². The Morgan fingerprint density at radius 2 is 2.44 bits per heavy atom. The van der Waals surface area contributed by atoms with Gasteiger partial charge in [0.15, 0.2) is 0 Å². The van der Waals surface area contributed by atoms with E-state index in [9.17, 15) is 4.79 Å². The van der Waals surface area contributed by atoms with Gasteiger partial charge in [0.2, 0.25) is 5.22 Å². The highest BCUT2D eigenvalue weighted by Gasteiger charge is 2.26. The third-order valence-corrected chi connectivity index (χ3v) is 3.88. The van der Waals surface area contributed by atoms with Crippen LogP contribution in [0.4, 0.5) is 0 Å². The topological polar surface area (TPSA) is 36.7 Å². The molecule has 1 aromatic heterocycles. The van der Waals surface area contributed by atoms with Crippen LogP contribution >= 0.6 is 11.6 Å². The minimum Gasteiger partial charge on any atom is -0.452 e. The van der Waals surface area contributed by atoms with Crippen molar-refractivity contribution in [3.8, 4) is 0 Å². The molecule has 1 amide bonds. The van der Waals surface area contributed by atoms with E-state index in [0.29, 0.717) is 11.6 Å². The summed E-state index contributed by atoms with van der Waals surface area (Å²) in [4.78, 5) is 16.3. The number of likely N-dealkylation sites (tertiary alicyclic amines) is 1. The molecule has 1 atom stereocenters. The predicted molar refractivity (Wildman–Crippen MR) is 70.9 cm³/mol. The molecule has 2 rings (SSSR count). The van der Waals surface area contributed by atoms with E-state index in [2.05, 4.69) is 11.8 Å². The Hall–Kier alpha value is -1.00. The fraction of sp³-hybridized carbons (Fsp3) is 0.615. The molecule has 100 valence electrons. The molecular formula is C13H19ClN2O2. The van der Waals surface area contributed by atoms with Gasteiger partial charge in [0.1, 0.15) is 0 Å². The number of carbonyl (C=O) groups is 1. The number of nitrogens with zero attached hydrogens (tertiary/aromatic N) is 2. The summed E-state index contributed by atoms with van der Waals surface area (Å²) in [5.41, 5.74) is 0.445. The van der Waals surface area contributed by atoms with Gasteiger partial charge in [0, 0.05) is 19.6 Å². The zero-order valence-corrected chi connectivity index (χ0v) is 11.6. The lowest BCUT2D eigenvalue weighted by atomic mass is 10.2. The molecule has 1 aliphatic heterocycles. The molecule has 0 radical (unpaired) electrons. The van der Waals surface area contributed by atoms with Crippen LogP contribution in [0.25, 0.3) is 0 Å². The monoisotopic (exact) mass is 270 g/mol. The van der Waals surface area contributed by atoms with Crippen molar-refractivity contribution >= 4 is 17.5 Å². The minimum absolute atomic E-state index is 0.0725. The Bertz CT molecular complexity index is 419. The molecule has 1 saturated heterocycles. The van der Waals surface area contributed by atoms with E-state index in [1.165, 1.54) is 12.7 Å². The molecular weight excluding hydrogens is 252 g/mol. The van der Waals surface area contributed by atoms with Crippen LogP contribution in [-0.2, 0) is 0 Å². The van der Waals surface area contributed by atoms with Crippen LogP contribution in [0.2, 0.25) is 5.22 Å². The van der Waals surface area contributed by atoms with Crippen molar-refractivity contribution in [1.82, 2.24) is 9.80 Å². The summed E-state index contributed by atoms with van der Waals surface area (Å²) in [6, 6.07) is 2.09.